The molecule has 0 unspecified atom stereocenters. The van der Waals surface area contributed by atoms with Gasteiger partial charge in [-0.2, -0.15) is 5.26 Å². The lowest BCUT2D eigenvalue weighted by Gasteiger charge is -2.13. The minimum Gasteiger partial charge on any atom is -0.492 e. The minimum atomic E-state index is 0.580. The van der Waals surface area contributed by atoms with Crippen LogP contribution in [0.5, 0.6) is 5.75 Å². The van der Waals surface area contributed by atoms with E-state index in [1.807, 2.05) is 18.2 Å². The van der Waals surface area contributed by atoms with Crippen molar-refractivity contribution in [3.63, 3.8) is 0 Å². The van der Waals surface area contributed by atoms with Gasteiger partial charge in [-0.15, -0.1) is 0 Å². The van der Waals surface area contributed by atoms with E-state index in [-0.39, 0.29) is 0 Å². The Morgan fingerprint density at radius 3 is 2.95 bits per heavy atom. The van der Waals surface area contributed by atoms with Crippen molar-refractivity contribution in [3.05, 3.63) is 28.8 Å². The minimum absolute atomic E-state index is 0.580. The second kappa shape index (κ2) is 9.66. The monoisotopic (exact) mass is 280 g/mol. The molecule has 0 fully saturated rings. The van der Waals surface area contributed by atoms with E-state index >= 15 is 0 Å². The summed E-state index contributed by atoms with van der Waals surface area (Å²) in [5.74, 6) is 0.768. The molecule has 1 rings (SSSR count). The van der Waals surface area contributed by atoms with E-state index in [2.05, 4.69) is 18.3 Å². The van der Waals surface area contributed by atoms with Crippen LogP contribution in [0.25, 0.3) is 0 Å². The van der Waals surface area contributed by atoms with Gasteiger partial charge in [-0.3, -0.25) is 0 Å². The maximum absolute atomic E-state index is 8.47. The Morgan fingerprint density at radius 2 is 2.21 bits per heavy atom. The SMILES string of the molecule is CCCNCc1cccc(Cl)c1OCCCCC#N. The Morgan fingerprint density at radius 1 is 1.37 bits per heavy atom. The van der Waals surface area contributed by atoms with Gasteiger partial charge in [0.1, 0.15) is 5.75 Å². The summed E-state index contributed by atoms with van der Waals surface area (Å²) in [6, 6.07) is 7.94. The number of hydrogen-bond donors (Lipinski definition) is 1. The molecule has 4 heteroatoms. The highest BCUT2D eigenvalue weighted by molar-refractivity contribution is 6.32. The van der Waals surface area contributed by atoms with Gasteiger partial charge in [0.05, 0.1) is 17.7 Å². The summed E-state index contributed by atoms with van der Waals surface area (Å²) >= 11 is 6.18. The fourth-order valence-electron chi connectivity index (χ4n) is 1.73. The number of para-hydroxylation sites is 1. The van der Waals surface area contributed by atoms with E-state index in [9.17, 15) is 0 Å². The molecule has 19 heavy (non-hydrogen) atoms. The molecule has 0 atom stereocenters. The van der Waals surface area contributed by atoms with Crippen molar-refractivity contribution in [1.29, 1.82) is 5.26 Å². The highest BCUT2D eigenvalue weighted by Gasteiger charge is 2.07. The lowest BCUT2D eigenvalue weighted by Crippen LogP contribution is -2.15. The van der Waals surface area contributed by atoms with E-state index in [1.165, 1.54) is 0 Å². The van der Waals surface area contributed by atoms with Crippen molar-refractivity contribution in [1.82, 2.24) is 5.32 Å². The Balaban J connectivity index is 2.51. The lowest BCUT2D eigenvalue weighted by molar-refractivity contribution is 0.304. The predicted octanol–water partition coefficient (Wildman–Crippen LogP) is 3.91. The molecule has 0 spiro atoms. The normalized spacial score (nSPS) is 10.2. The Labute approximate surface area is 120 Å². The summed E-state index contributed by atoms with van der Waals surface area (Å²) in [5.41, 5.74) is 1.08. The van der Waals surface area contributed by atoms with Gasteiger partial charge in [0.15, 0.2) is 0 Å². The van der Waals surface area contributed by atoms with Crippen LogP contribution in [0.4, 0.5) is 0 Å². The highest BCUT2D eigenvalue weighted by Crippen LogP contribution is 2.28. The molecule has 0 amide bonds. The summed E-state index contributed by atoms with van der Waals surface area (Å²) in [6.07, 6.45) is 3.42. The van der Waals surface area contributed by atoms with E-state index in [4.69, 9.17) is 21.6 Å². The van der Waals surface area contributed by atoms with Gasteiger partial charge in [-0.25, -0.2) is 0 Å². The molecule has 0 aliphatic rings. The number of ether oxygens (including phenoxy) is 1. The van der Waals surface area contributed by atoms with Crippen LogP contribution in [0.15, 0.2) is 18.2 Å². The quantitative estimate of drug-likeness (QED) is 0.698. The maximum Gasteiger partial charge on any atom is 0.142 e. The van der Waals surface area contributed by atoms with Gasteiger partial charge in [0, 0.05) is 18.5 Å². The first-order valence-electron chi connectivity index (χ1n) is 6.77. The van der Waals surface area contributed by atoms with Gasteiger partial charge in [-0.05, 0) is 31.9 Å². The Bertz CT molecular complexity index is 415. The maximum atomic E-state index is 8.47. The van der Waals surface area contributed by atoms with E-state index < -0.39 is 0 Å². The predicted molar refractivity (Wildman–Crippen MR) is 78.4 cm³/mol. The number of nitriles is 1. The Hall–Kier alpha value is -1.24. The van der Waals surface area contributed by atoms with Gasteiger partial charge in [-0.1, -0.05) is 30.7 Å². The van der Waals surface area contributed by atoms with E-state index in [0.29, 0.717) is 18.1 Å². The number of nitrogens with one attached hydrogen (secondary N) is 1. The summed E-state index contributed by atoms with van der Waals surface area (Å²) in [4.78, 5) is 0. The van der Waals surface area contributed by atoms with Crippen LogP contribution in [0.1, 0.15) is 38.2 Å². The average molecular weight is 281 g/mol. The fraction of sp³-hybridized carbons (Fsp3) is 0.533. The van der Waals surface area contributed by atoms with E-state index in [0.717, 1.165) is 43.7 Å². The molecule has 1 aromatic rings. The first-order valence-corrected chi connectivity index (χ1v) is 7.15. The van der Waals surface area contributed by atoms with Gasteiger partial charge in [0.25, 0.3) is 0 Å². The van der Waals surface area contributed by atoms with Crippen LogP contribution >= 0.6 is 11.6 Å². The lowest BCUT2D eigenvalue weighted by atomic mass is 10.2. The molecular formula is C15H21ClN2O. The number of benzene rings is 1. The number of unbranched alkanes of at least 4 members (excludes halogenated alkanes) is 2. The van der Waals surface area contributed by atoms with Crippen molar-refractivity contribution < 1.29 is 4.74 Å². The smallest absolute Gasteiger partial charge is 0.142 e. The third-order valence-corrected chi connectivity index (χ3v) is 3.02. The molecule has 0 bridgehead atoms. The summed E-state index contributed by atoms with van der Waals surface area (Å²) in [6.45, 7) is 4.49. The van der Waals surface area contributed by atoms with Crippen LogP contribution in [0.2, 0.25) is 5.02 Å². The van der Waals surface area contributed by atoms with Crippen LogP contribution < -0.4 is 10.1 Å². The summed E-state index contributed by atoms with van der Waals surface area (Å²) in [7, 11) is 0. The molecule has 104 valence electrons. The van der Waals surface area contributed by atoms with Crippen molar-refractivity contribution in [2.45, 2.75) is 39.2 Å². The third-order valence-electron chi connectivity index (χ3n) is 2.72. The molecule has 0 radical (unpaired) electrons. The van der Waals surface area contributed by atoms with Gasteiger partial charge >= 0.3 is 0 Å². The number of nitrogens with zero attached hydrogens (tertiary/aromatic N) is 1. The van der Waals surface area contributed by atoms with Crippen molar-refractivity contribution in [2.24, 2.45) is 0 Å². The third kappa shape index (κ3) is 5.96. The molecule has 0 saturated carbocycles. The largest absolute Gasteiger partial charge is 0.492 e. The molecule has 1 aromatic carbocycles. The van der Waals surface area contributed by atoms with Crippen molar-refractivity contribution in [2.75, 3.05) is 13.2 Å². The zero-order valence-corrected chi connectivity index (χ0v) is 12.2. The molecule has 0 heterocycles. The number of hydrogen-bond acceptors (Lipinski definition) is 3. The number of halogens is 1. The standard InChI is InChI=1S/C15H21ClN2O/c1-2-10-18-12-13-7-6-8-14(16)15(13)19-11-5-3-4-9-17/h6-8,18H,2-5,10-12H2,1H3. The van der Waals surface area contributed by atoms with Crippen LogP contribution in [-0.2, 0) is 6.54 Å². The molecule has 1 N–H and O–H groups in total. The second-order valence-electron chi connectivity index (χ2n) is 4.37. The second-order valence-corrected chi connectivity index (χ2v) is 4.78. The summed E-state index contributed by atoms with van der Waals surface area (Å²) < 4.78 is 5.76. The van der Waals surface area contributed by atoms with Crippen LogP contribution in [0.3, 0.4) is 0 Å². The molecule has 0 aromatic heterocycles. The van der Waals surface area contributed by atoms with Crippen molar-refractivity contribution >= 4 is 11.6 Å². The molecule has 0 aliphatic carbocycles. The zero-order chi connectivity index (χ0) is 13.9. The highest BCUT2D eigenvalue weighted by atomic mass is 35.5. The average Bonchev–Trinajstić information content (AvgIpc) is 2.41. The summed E-state index contributed by atoms with van der Waals surface area (Å²) in [5, 5.41) is 12.5. The van der Waals surface area contributed by atoms with Crippen LogP contribution in [0, 0.1) is 11.3 Å². The van der Waals surface area contributed by atoms with Crippen LogP contribution in [-0.4, -0.2) is 13.2 Å². The van der Waals surface area contributed by atoms with Gasteiger partial charge < -0.3 is 10.1 Å². The number of rotatable bonds is 9. The molecular weight excluding hydrogens is 260 g/mol. The first-order chi connectivity index (χ1) is 9.29. The van der Waals surface area contributed by atoms with Crippen molar-refractivity contribution in [3.8, 4) is 11.8 Å². The fourth-order valence-corrected chi connectivity index (χ4v) is 1.98. The molecule has 0 saturated heterocycles. The van der Waals surface area contributed by atoms with E-state index in [1.54, 1.807) is 0 Å². The van der Waals surface area contributed by atoms with Gasteiger partial charge in [0.2, 0.25) is 0 Å². The molecule has 3 nitrogen and oxygen atoms in total. The first kappa shape index (κ1) is 15.8. The Kier molecular flexibility index (Phi) is 8.04. The zero-order valence-electron chi connectivity index (χ0n) is 11.4. The molecule has 0 aliphatic heterocycles. The topological polar surface area (TPSA) is 45.0 Å².